The smallest absolute Gasteiger partial charge is 0.251 e. The second-order valence-corrected chi connectivity index (χ2v) is 6.66. The van der Waals surface area contributed by atoms with Gasteiger partial charge in [-0.25, -0.2) is 4.39 Å². The molecular weight excluding hydrogens is 367 g/mol. The molecule has 29 heavy (non-hydrogen) atoms. The van der Waals surface area contributed by atoms with Gasteiger partial charge in [-0.3, -0.25) is 9.59 Å². The fourth-order valence-corrected chi connectivity index (χ4v) is 3.01. The Morgan fingerprint density at radius 2 is 1.45 bits per heavy atom. The zero-order valence-corrected chi connectivity index (χ0v) is 16.1. The van der Waals surface area contributed by atoms with Gasteiger partial charge < -0.3 is 10.2 Å². The molecule has 0 aliphatic carbocycles. The number of nitrogens with zero attached hydrogens (tertiary/aromatic N) is 1. The van der Waals surface area contributed by atoms with E-state index in [9.17, 15) is 14.0 Å². The van der Waals surface area contributed by atoms with Gasteiger partial charge >= 0.3 is 0 Å². The minimum atomic E-state index is -0.378. The number of nitrogens with one attached hydrogen (secondary N) is 1. The Kier molecular flexibility index (Phi) is 7.11. The highest BCUT2D eigenvalue weighted by molar-refractivity contribution is 5.95. The average molecular weight is 390 g/mol. The predicted octanol–water partition coefficient (Wildman–Crippen LogP) is 4.22. The lowest BCUT2D eigenvalue weighted by Crippen LogP contribution is -2.35. The molecule has 0 saturated carbocycles. The summed E-state index contributed by atoms with van der Waals surface area (Å²) < 4.78 is 13.0. The molecule has 0 unspecified atom stereocenters. The number of halogens is 1. The Labute approximate surface area is 170 Å². The van der Waals surface area contributed by atoms with Crippen molar-refractivity contribution in [3.63, 3.8) is 0 Å². The van der Waals surface area contributed by atoms with Crippen LogP contribution in [0.15, 0.2) is 84.9 Å². The molecule has 0 aliphatic rings. The first kappa shape index (κ1) is 20.3. The molecule has 0 aliphatic heterocycles. The van der Waals surface area contributed by atoms with Crippen molar-refractivity contribution in [1.29, 1.82) is 0 Å². The number of hydrogen-bond donors (Lipinski definition) is 1. The Morgan fingerprint density at radius 1 is 0.828 bits per heavy atom. The summed E-state index contributed by atoms with van der Waals surface area (Å²) in [5.41, 5.74) is 2.20. The molecule has 0 saturated heterocycles. The maximum Gasteiger partial charge on any atom is 0.251 e. The van der Waals surface area contributed by atoms with Crippen LogP contribution in [0.2, 0.25) is 0 Å². The maximum absolute atomic E-state index is 13.0. The molecular formula is C24H23FN2O2. The van der Waals surface area contributed by atoms with Gasteiger partial charge in [0.1, 0.15) is 5.82 Å². The van der Waals surface area contributed by atoms with E-state index in [1.54, 1.807) is 4.90 Å². The molecule has 2 amide bonds. The van der Waals surface area contributed by atoms with Gasteiger partial charge in [0.25, 0.3) is 5.91 Å². The molecule has 0 radical (unpaired) electrons. The van der Waals surface area contributed by atoms with Crippen molar-refractivity contribution in [2.45, 2.75) is 12.8 Å². The van der Waals surface area contributed by atoms with Gasteiger partial charge in [0.05, 0.1) is 6.42 Å². The second kappa shape index (κ2) is 10.2. The zero-order chi connectivity index (χ0) is 20.5. The highest BCUT2D eigenvalue weighted by Gasteiger charge is 2.16. The SMILES string of the molecule is O=C(NCCCN(C(=O)Cc1ccccc1)c1ccccc1)c1ccc(F)cc1. The third-order valence-corrected chi connectivity index (χ3v) is 4.52. The fourth-order valence-electron chi connectivity index (χ4n) is 3.01. The van der Waals surface area contributed by atoms with Crippen LogP contribution in [0.4, 0.5) is 10.1 Å². The Hall–Kier alpha value is -3.47. The lowest BCUT2D eigenvalue weighted by Gasteiger charge is -2.23. The van der Waals surface area contributed by atoms with Crippen molar-refractivity contribution in [3.8, 4) is 0 Å². The van der Waals surface area contributed by atoms with Crippen LogP contribution in [-0.2, 0) is 11.2 Å². The summed E-state index contributed by atoms with van der Waals surface area (Å²) in [6.07, 6.45) is 0.917. The van der Waals surface area contributed by atoms with Crippen LogP contribution in [0.25, 0.3) is 0 Å². The van der Waals surface area contributed by atoms with Gasteiger partial charge in [-0.1, -0.05) is 48.5 Å². The van der Waals surface area contributed by atoms with Crippen LogP contribution >= 0.6 is 0 Å². The van der Waals surface area contributed by atoms with E-state index in [1.165, 1.54) is 24.3 Å². The Balaban J connectivity index is 1.58. The first-order chi connectivity index (χ1) is 14.1. The first-order valence-corrected chi connectivity index (χ1v) is 9.56. The maximum atomic E-state index is 13.0. The van der Waals surface area contributed by atoms with Crippen LogP contribution in [0.5, 0.6) is 0 Å². The molecule has 148 valence electrons. The second-order valence-electron chi connectivity index (χ2n) is 6.66. The first-order valence-electron chi connectivity index (χ1n) is 9.56. The van der Waals surface area contributed by atoms with Gasteiger partial charge in [-0.05, 0) is 48.4 Å². The van der Waals surface area contributed by atoms with Crippen molar-refractivity contribution in [1.82, 2.24) is 5.32 Å². The molecule has 0 spiro atoms. The molecule has 0 fully saturated rings. The van der Waals surface area contributed by atoms with E-state index in [0.717, 1.165) is 11.3 Å². The molecule has 4 nitrogen and oxygen atoms in total. The number of anilines is 1. The van der Waals surface area contributed by atoms with Crippen molar-refractivity contribution < 1.29 is 14.0 Å². The standard InChI is InChI=1S/C24H23FN2O2/c25-21-14-12-20(13-15-21)24(29)26-16-7-17-27(22-10-5-2-6-11-22)23(28)18-19-8-3-1-4-9-19/h1-6,8-15H,7,16-18H2,(H,26,29). The van der Waals surface area contributed by atoms with Crippen LogP contribution in [0.3, 0.4) is 0 Å². The number of amides is 2. The van der Waals surface area contributed by atoms with Crippen molar-refractivity contribution in [2.75, 3.05) is 18.0 Å². The third-order valence-electron chi connectivity index (χ3n) is 4.52. The van der Waals surface area contributed by atoms with E-state index in [4.69, 9.17) is 0 Å². The molecule has 0 aromatic heterocycles. The minimum Gasteiger partial charge on any atom is -0.352 e. The monoisotopic (exact) mass is 390 g/mol. The van der Waals surface area contributed by atoms with Gasteiger partial charge in [-0.15, -0.1) is 0 Å². The highest BCUT2D eigenvalue weighted by atomic mass is 19.1. The largest absolute Gasteiger partial charge is 0.352 e. The summed E-state index contributed by atoms with van der Waals surface area (Å²) in [7, 11) is 0. The van der Waals surface area contributed by atoms with Gasteiger partial charge in [0.2, 0.25) is 5.91 Å². The van der Waals surface area contributed by atoms with Crippen LogP contribution in [0.1, 0.15) is 22.3 Å². The van der Waals surface area contributed by atoms with Crippen LogP contribution in [-0.4, -0.2) is 24.9 Å². The zero-order valence-electron chi connectivity index (χ0n) is 16.1. The molecule has 3 aromatic rings. The van der Waals surface area contributed by atoms with E-state index in [1.807, 2.05) is 60.7 Å². The quantitative estimate of drug-likeness (QED) is 0.586. The molecule has 1 N–H and O–H groups in total. The minimum absolute atomic E-state index is 0.00672. The number of carbonyl (C=O) groups is 2. The molecule has 3 rings (SSSR count). The molecule has 3 aromatic carbocycles. The van der Waals surface area contributed by atoms with E-state index in [0.29, 0.717) is 31.5 Å². The van der Waals surface area contributed by atoms with Crippen molar-refractivity contribution >= 4 is 17.5 Å². The Morgan fingerprint density at radius 3 is 2.10 bits per heavy atom. The normalized spacial score (nSPS) is 10.4. The van der Waals surface area contributed by atoms with E-state index in [2.05, 4.69) is 5.32 Å². The summed E-state index contributed by atoms with van der Waals surface area (Å²) in [5.74, 6) is -0.629. The molecule has 5 heteroatoms. The summed E-state index contributed by atoms with van der Waals surface area (Å²) in [6.45, 7) is 0.900. The van der Waals surface area contributed by atoms with Crippen LogP contribution < -0.4 is 10.2 Å². The summed E-state index contributed by atoms with van der Waals surface area (Å²) in [6, 6.07) is 24.5. The number of rotatable bonds is 8. The van der Waals surface area contributed by atoms with Gasteiger partial charge in [-0.2, -0.15) is 0 Å². The van der Waals surface area contributed by atoms with Crippen LogP contribution in [0, 0.1) is 5.82 Å². The van der Waals surface area contributed by atoms with E-state index < -0.39 is 0 Å². The summed E-state index contributed by atoms with van der Waals surface area (Å²) in [5, 5.41) is 2.81. The van der Waals surface area contributed by atoms with Gasteiger partial charge in [0.15, 0.2) is 0 Å². The summed E-state index contributed by atoms with van der Waals surface area (Å²) in [4.78, 5) is 26.8. The lowest BCUT2D eigenvalue weighted by molar-refractivity contribution is -0.118. The van der Waals surface area contributed by atoms with E-state index in [-0.39, 0.29) is 17.6 Å². The van der Waals surface area contributed by atoms with Crippen molar-refractivity contribution in [3.05, 3.63) is 102 Å². The average Bonchev–Trinajstić information content (AvgIpc) is 2.75. The number of benzene rings is 3. The molecule has 0 heterocycles. The number of hydrogen-bond acceptors (Lipinski definition) is 2. The molecule has 0 bridgehead atoms. The Bertz CT molecular complexity index is 928. The lowest BCUT2D eigenvalue weighted by atomic mass is 10.1. The summed E-state index contributed by atoms with van der Waals surface area (Å²) >= 11 is 0. The topological polar surface area (TPSA) is 49.4 Å². The molecule has 0 atom stereocenters. The fraction of sp³-hybridized carbons (Fsp3) is 0.167. The number of para-hydroxylation sites is 1. The van der Waals surface area contributed by atoms with Crippen molar-refractivity contribution in [2.24, 2.45) is 0 Å². The van der Waals surface area contributed by atoms with Gasteiger partial charge in [0, 0.05) is 24.3 Å². The highest BCUT2D eigenvalue weighted by Crippen LogP contribution is 2.16. The van der Waals surface area contributed by atoms with E-state index >= 15 is 0 Å². The predicted molar refractivity (Wildman–Crippen MR) is 112 cm³/mol. The third kappa shape index (κ3) is 6.01. The number of carbonyl (C=O) groups excluding carboxylic acids is 2.